The second-order valence-electron chi connectivity index (χ2n) is 20.5. The Morgan fingerprint density at radius 1 is 0.432 bits per heavy atom. The SMILES string of the molecule is CC(C)/C=C/c1cccc(SC(F)(F)F)c1.CC(C)/C=C/c1ccccc1Br.CC(C)/C=C/c1ccccc1I.CC(C)/C=C/c1ccccc1OC(F)(F)F.COc1ccccc1/C=C/C(C)C.Cc1ccccc1/C=C/C(C)C. The molecule has 0 saturated heterocycles. The van der Waals surface area contributed by atoms with Crippen molar-refractivity contribution >= 4 is 86.7 Å². The molecule has 0 aliphatic carbocycles. The molecule has 81 heavy (non-hydrogen) atoms. The molecule has 0 aromatic heterocycles. The standard InChI is InChI=1S/C12H13F3O.C12H13F3S.C12H16O.C12H16.C11H13Br.C11H13I/c1-9(2)7-8-10-5-3-4-6-11(10)16-12(13,14)15;1-9(2)6-7-10-4-3-5-11(8-10)16-12(13,14)15;1-10(2)8-9-11-6-4-5-7-12(11)13-3;1-10(2)8-9-12-7-5-4-6-11(12)3;2*1-9(2)7-8-10-5-3-4-6-11(10)12/h2*3-9H,1-2H3;4-10H,1-3H3;4-10H,1-3H3;2*3-9H,1-2H3/b8-7+;7-6+;2*9-8+;2*8-7+. The molecule has 0 spiro atoms. The summed E-state index contributed by atoms with van der Waals surface area (Å²) in [6.45, 7) is 27.5. The Kier molecular flexibility index (Phi) is 36.9. The zero-order valence-corrected chi connectivity index (χ0v) is 54.1. The van der Waals surface area contributed by atoms with Gasteiger partial charge < -0.3 is 9.47 Å². The van der Waals surface area contributed by atoms with Gasteiger partial charge in [0.2, 0.25) is 0 Å². The molecule has 438 valence electrons. The first kappa shape index (κ1) is 73.5. The molecule has 0 N–H and O–H groups in total. The van der Waals surface area contributed by atoms with Gasteiger partial charge in [0.25, 0.3) is 0 Å². The van der Waals surface area contributed by atoms with Gasteiger partial charge in [0, 0.05) is 24.1 Å². The number of halogens is 8. The molecule has 0 heterocycles. The van der Waals surface area contributed by atoms with E-state index >= 15 is 0 Å². The summed E-state index contributed by atoms with van der Waals surface area (Å²) in [5.41, 5.74) is 3.36. The van der Waals surface area contributed by atoms with Crippen LogP contribution in [0.4, 0.5) is 26.3 Å². The lowest BCUT2D eigenvalue weighted by Crippen LogP contribution is -2.17. The van der Waals surface area contributed by atoms with Gasteiger partial charge in [-0.3, -0.25) is 0 Å². The lowest BCUT2D eigenvalue weighted by atomic mass is 10.1. The summed E-state index contributed by atoms with van der Waals surface area (Å²) in [6.07, 6.45) is 20.0. The van der Waals surface area contributed by atoms with Crippen molar-refractivity contribution in [2.45, 2.75) is 107 Å². The fourth-order valence-corrected chi connectivity index (χ4v) is 7.83. The van der Waals surface area contributed by atoms with E-state index in [0.29, 0.717) is 35.2 Å². The van der Waals surface area contributed by atoms with Crippen LogP contribution in [0.5, 0.6) is 11.5 Å². The maximum Gasteiger partial charge on any atom is 0.573 e. The van der Waals surface area contributed by atoms with E-state index in [1.54, 1.807) is 37.5 Å². The largest absolute Gasteiger partial charge is 0.573 e. The van der Waals surface area contributed by atoms with E-state index in [9.17, 15) is 26.3 Å². The number of hydrogen-bond donors (Lipinski definition) is 0. The average molecular weight is 1310 g/mol. The number of aryl methyl sites for hydroxylation is 1. The van der Waals surface area contributed by atoms with Crippen LogP contribution in [0.1, 0.15) is 122 Å². The van der Waals surface area contributed by atoms with Gasteiger partial charge in [-0.15, -0.1) is 13.2 Å². The quantitative estimate of drug-likeness (QED) is 0.0580. The third kappa shape index (κ3) is 38.0. The van der Waals surface area contributed by atoms with Crippen LogP contribution in [0, 0.1) is 46.0 Å². The predicted octanol–water partition coefficient (Wildman–Crippen LogP) is 24.3. The first-order valence-electron chi connectivity index (χ1n) is 27.1. The Morgan fingerprint density at radius 3 is 1.25 bits per heavy atom. The molecule has 0 bridgehead atoms. The molecule has 11 heteroatoms. The second kappa shape index (κ2) is 40.7. The molecule has 6 rings (SSSR count). The minimum atomic E-state index is -4.65. The predicted molar refractivity (Wildman–Crippen MR) is 352 cm³/mol. The third-order valence-corrected chi connectivity index (χ3v) is 12.8. The van der Waals surface area contributed by atoms with Crippen LogP contribution in [0.3, 0.4) is 0 Å². The fourth-order valence-electron chi connectivity index (χ4n) is 6.23. The van der Waals surface area contributed by atoms with Crippen LogP contribution in [0.15, 0.2) is 191 Å². The van der Waals surface area contributed by atoms with Gasteiger partial charge in [0.05, 0.1) is 7.11 Å². The maximum absolute atomic E-state index is 12.1. The van der Waals surface area contributed by atoms with Gasteiger partial charge in [-0.2, -0.15) is 13.2 Å². The van der Waals surface area contributed by atoms with Crippen LogP contribution >= 0.6 is 50.3 Å². The van der Waals surface area contributed by atoms with Crippen molar-refractivity contribution in [3.8, 4) is 11.5 Å². The molecule has 2 nitrogen and oxygen atoms in total. The maximum atomic E-state index is 12.1. The van der Waals surface area contributed by atoms with Gasteiger partial charge in [-0.1, -0.05) is 281 Å². The Bertz CT molecular complexity index is 2710. The monoisotopic (exact) mass is 1310 g/mol. The van der Waals surface area contributed by atoms with Crippen molar-refractivity contribution < 1.29 is 35.8 Å². The van der Waals surface area contributed by atoms with Crippen LogP contribution in [-0.4, -0.2) is 19.0 Å². The van der Waals surface area contributed by atoms with E-state index in [1.807, 2.05) is 76.3 Å². The van der Waals surface area contributed by atoms with E-state index in [4.69, 9.17) is 4.74 Å². The molecule has 0 saturated carbocycles. The van der Waals surface area contributed by atoms with Crippen molar-refractivity contribution in [2.24, 2.45) is 35.5 Å². The number of benzene rings is 6. The zero-order valence-electron chi connectivity index (χ0n) is 49.5. The highest BCUT2D eigenvalue weighted by Crippen LogP contribution is 2.37. The Morgan fingerprint density at radius 2 is 0.802 bits per heavy atom. The highest BCUT2D eigenvalue weighted by Gasteiger charge is 2.32. The van der Waals surface area contributed by atoms with E-state index in [-0.39, 0.29) is 28.3 Å². The van der Waals surface area contributed by atoms with Crippen molar-refractivity contribution in [3.63, 3.8) is 0 Å². The van der Waals surface area contributed by atoms with E-state index in [2.05, 4.69) is 221 Å². The molecule has 0 unspecified atom stereocenters. The molecule has 6 aromatic rings. The second-order valence-corrected chi connectivity index (χ2v) is 23.6. The summed E-state index contributed by atoms with van der Waals surface area (Å²) in [7, 11) is 1.70. The molecule has 6 aromatic carbocycles. The molecule has 0 fully saturated rings. The highest BCUT2D eigenvalue weighted by atomic mass is 127. The van der Waals surface area contributed by atoms with Crippen LogP contribution in [-0.2, 0) is 0 Å². The smallest absolute Gasteiger partial charge is 0.496 e. The zero-order chi connectivity index (χ0) is 61.0. The molecular formula is C70H84BrF6IO2S. The molecule has 0 aliphatic heterocycles. The lowest BCUT2D eigenvalue weighted by molar-refractivity contribution is -0.274. The fraction of sp³-hybridized carbons (Fsp3) is 0.314. The summed E-state index contributed by atoms with van der Waals surface area (Å²) >= 11 is 5.77. The summed E-state index contributed by atoms with van der Waals surface area (Å²) in [6, 6.07) is 45.6. The molecule has 0 radical (unpaired) electrons. The third-order valence-electron chi connectivity index (χ3n) is 10.4. The average Bonchev–Trinajstić information content (AvgIpc) is 3.39. The number of para-hydroxylation sites is 2. The van der Waals surface area contributed by atoms with Crippen LogP contribution < -0.4 is 9.47 Å². The van der Waals surface area contributed by atoms with Crippen LogP contribution in [0.25, 0.3) is 36.5 Å². The minimum Gasteiger partial charge on any atom is -0.496 e. The summed E-state index contributed by atoms with van der Waals surface area (Å²) in [5.74, 6) is 3.86. The van der Waals surface area contributed by atoms with Gasteiger partial charge in [0.1, 0.15) is 11.5 Å². The Hall–Kier alpha value is -5.50. The number of ether oxygens (including phenoxy) is 2. The molecule has 0 amide bonds. The minimum absolute atomic E-state index is 0.0847. The Balaban J connectivity index is 0.000000488. The topological polar surface area (TPSA) is 18.5 Å². The van der Waals surface area contributed by atoms with Crippen molar-refractivity contribution in [1.82, 2.24) is 0 Å². The first-order chi connectivity index (χ1) is 38.1. The summed E-state index contributed by atoms with van der Waals surface area (Å²) in [5, 5.41) is 0. The summed E-state index contributed by atoms with van der Waals surface area (Å²) < 4.78 is 84.2. The van der Waals surface area contributed by atoms with Crippen molar-refractivity contribution in [3.05, 3.63) is 229 Å². The van der Waals surface area contributed by atoms with E-state index < -0.39 is 11.9 Å². The lowest BCUT2D eigenvalue weighted by Gasteiger charge is -2.11. The van der Waals surface area contributed by atoms with E-state index in [1.165, 1.54) is 50.1 Å². The summed E-state index contributed by atoms with van der Waals surface area (Å²) in [4.78, 5) is 0.221. The normalized spacial score (nSPS) is 11.8. The number of thioether (sulfide) groups is 1. The molecular weight excluding hydrogens is 1230 g/mol. The van der Waals surface area contributed by atoms with Crippen molar-refractivity contribution in [1.29, 1.82) is 0 Å². The first-order valence-corrected chi connectivity index (χ1v) is 29.7. The number of rotatable bonds is 15. The van der Waals surface area contributed by atoms with Crippen LogP contribution in [0.2, 0.25) is 0 Å². The van der Waals surface area contributed by atoms with Gasteiger partial charge >= 0.3 is 11.9 Å². The number of hydrogen-bond acceptors (Lipinski definition) is 3. The number of methoxy groups -OCH3 is 1. The van der Waals surface area contributed by atoms with Gasteiger partial charge in [-0.25, -0.2) is 0 Å². The van der Waals surface area contributed by atoms with Crippen molar-refractivity contribution in [2.75, 3.05) is 7.11 Å². The highest BCUT2D eigenvalue weighted by molar-refractivity contribution is 14.1. The molecule has 0 atom stereocenters. The Labute approximate surface area is 508 Å². The molecule has 0 aliphatic rings. The number of alkyl halides is 6. The van der Waals surface area contributed by atoms with Gasteiger partial charge in [0.15, 0.2) is 0 Å². The number of allylic oxidation sites excluding steroid dienone is 6. The van der Waals surface area contributed by atoms with E-state index in [0.717, 1.165) is 21.3 Å². The van der Waals surface area contributed by atoms with Gasteiger partial charge in [-0.05, 0) is 141 Å².